The molecule has 172 valence electrons. The normalized spacial score (nSPS) is 11.2. The van der Waals surface area contributed by atoms with Gasteiger partial charge in [0.25, 0.3) is 17.6 Å². The molecule has 0 aromatic carbocycles. The molecule has 2 rings (SSSR count). The first kappa shape index (κ1) is 25.0. The summed E-state index contributed by atoms with van der Waals surface area (Å²) in [4.78, 5) is 43.6. The van der Waals surface area contributed by atoms with Gasteiger partial charge < -0.3 is 14.2 Å². The van der Waals surface area contributed by atoms with Crippen LogP contribution in [0.5, 0.6) is 0 Å². The van der Waals surface area contributed by atoms with Crippen molar-refractivity contribution in [2.45, 2.75) is 39.5 Å². The number of carbonyl (C=O) groups is 3. The zero-order valence-corrected chi connectivity index (χ0v) is 19.6. The van der Waals surface area contributed by atoms with Crippen LogP contribution in [0.1, 0.15) is 54.4 Å². The van der Waals surface area contributed by atoms with Crippen LogP contribution < -0.4 is 5.32 Å². The van der Waals surface area contributed by atoms with Crippen LogP contribution in [0, 0.1) is 6.92 Å². The molecule has 2 heterocycles. The van der Waals surface area contributed by atoms with E-state index >= 15 is 0 Å². The lowest BCUT2D eigenvalue weighted by Crippen LogP contribution is -2.30. The zero-order chi connectivity index (χ0) is 23.7. The maximum atomic E-state index is 13.1. The summed E-state index contributed by atoms with van der Waals surface area (Å²) in [6, 6.07) is 0. The highest BCUT2D eigenvalue weighted by atomic mass is 32.1. The van der Waals surface area contributed by atoms with Crippen LogP contribution in [0.3, 0.4) is 0 Å². The molecule has 0 unspecified atom stereocenters. The fourth-order valence-corrected chi connectivity index (χ4v) is 3.38. The molecule has 9 nitrogen and oxygen atoms in total. The van der Waals surface area contributed by atoms with E-state index in [1.165, 1.54) is 30.7 Å². The summed E-state index contributed by atoms with van der Waals surface area (Å²) < 4.78 is 10.3. The predicted octanol–water partition coefficient (Wildman–Crippen LogP) is 3.84. The Labute approximate surface area is 191 Å². The first-order valence-corrected chi connectivity index (χ1v) is 11.1. The van der Waals surface area contributed by atoms with Crippen molar-refractivity contribution < 1.29 is 23.6 Å². The number of likely N-dealkylation sites (N-methyl/N-ethyl adjacent to an activating group) is 1. The fraction of sp³-hybridized carbons (Fsp3) is 0.409. The average molecular weight is 461 g/mol. The smallest absolute Gasteiger partial charge is 0.300 e. The van der Waals surface area contributed by atoms with E-state index in [2.05, 4.69) is 29.0 Å². The number of amides is 2. The molecule has 2 amide bonds. The van der Waals surface area contributed by atoms with Crippen LogP contribution in [0.4, 0.5) is 5.13 Å². The Kier molecular flexibility index (Phi) is 9.33. The molecule has 32 heavy (non-hydrogen) atoms. The number of unbranched alkanes of at least 4 members (excludes halogenated alkanes) is 3. The summed E-state index contributed by atoms with van der Waals surface area (Å²) in [5.74, 6) is -1.74. The second-order valence-corrected chi connectivity index (χ2v) is 7.99. The molecule has 0 saturated heterocycles. The summed E-state index contributed by atoms with van der Waals surface area (Å²) in [7, 11) is 3.10. The molecule has 0 atom stereocenters. The number of thiazole rings is 1. The highest BCUT2D eigenvalue weighted by Crippen LogP contribution is 2.23. The molecule has 0 bridgehead atoms. The van der Waals surface area contributed by atoms with Crippen molar-refractivity contribution in [3.8, 4) is 0 Å². The van der Waals surface area contributed by atoms with Crippen molar-refractivity contribution in [3.63, 3.8) is 0 Å². The number of ether oxygens (including phenoxy) is 1. The Hall–Kier alpha value is -3.27. The van der Waals surface area contributed by atoms with Crippen LogP contribution in [0.15, 0.2) is 34.0 Å². The lowest BCUT2D eigenvalue weighted by molar-refractivity contribution is -0.125. The van der Waals surface area contributed by atoms with E-state index in [4.69, 9.17) is 9.26 Å². The van der Waals surface area contributed by atoms with Gasteiger partial charge in [-0.3, -0.25) is 19.7 Å². The van der Waals surface area contributed by atoms with Crippen molar-refractivity contribution in [1.82, 2.24) is 15.0 Å². The van der Waals surface area contributed by atoms with Gasteiger partial charge in [-0.2, -0.15) is 0 Å². The summed E-state index contributed by atoms with van der Waals surface area (Å²) in [6.07, 6.45) is 7.03. The standard InChI is InChI=1S/C22H28N4O5S/c1-6-7-8-9-11-26(4)21(29)17(14(2)30-5)13-16-15(3)31-25-18(16)19(27)20(28)24-22-23-10-12-32-22/h10,12-13H,2,6-9,11H2,1,3-5H3,(H,23,24,28)/b17-13+. The van der Waals surface area contributed by atoms with E-state index in [9.17, 15) is 14.4 Å². The van der Waals surface area contributed by atoms with Gasteiger partial charge in [-0.25, -0.2) is 4.98 Å². The maximum Gasteiger partial charge on any atom is 0.300 e. The molecule has 0 radical (unpaired) electrons. The number of ketones is 1. The van der Waals surface area contributed by atoms with Crippen LogP contribution in [0.2, 0.25) is 0 Å². The van der Waals surface area contributed by atoms with Gasteiger partial charge in [0.2, 0.25) is 0 Å². The third-order valence-electron chi connectivity index (χ3n) is 4.74. The van der Waals surface area contributed by atoms with Gasteiger partial charge in [-0.15, -0.1) is 11.3 Å². The summed E-state index contributed by atoms with van der Waals surface area (Å²) in [5, 5.41) is 8.11. The first-order chi connectivity index (χ1) is 15.3. The second-order valence-electron chi connectivity index (χ2n) is 7.09. The average Bonchev–Trinajstić information content (AvgIpc) is 3.42. The van der Waals surface area contributed by atoms with Gasteiger partial charge in [0, 0.05) is 30.7 Å². The van der Waals surface area contributed by atoms with Gasteiger partial charge >= 0.3 is 0 Å². The Morgan fingerprint density at radius 2 is 2.06 bits per heavy atom. The van der Waals surface area contributed by atoms with Crippen molar-refractivity contribution in [1.29, 1.82) is 0 Å². The van der Waals surface area contributed by atoms with Crippen LogP contribution >= 0.6 is 11.3 Å². The maximum absolute atomic E-state index is 13.1. The van der Waals surface area contributed by atoms with E-state index in [0.717, 1.165) is 25.7 Å². The Morgan fingerprint density at radius 1 is 1.31 bits per heavy atom. The Morgan fingerprint density at radius 3 is 2.69 bits per heavy atom. The molecule has 0 spiro atoms. The van der Waals surface area contributed by atoms with Crippen molar-refractivity contribution >= 4 is 40.1 Å². The molecule has 0 aliphatic rings. The minimum atomic E-state index is -0.911. The molecule has 2 aromatic heterocycles. The minimum absolute atomic E-state index is 0.127. The Bertz CT molecular complexity index is 994. The fourth-order valence-electron chi connectivity index (χ4n) is 2.86. The summed E-state index contributed by atoms with van der Waals surface area (Å²) >= 11 is 1.18. The van der Waals surface area contributed by atoms with Gasteiger partial charge in [0.05, 0.1) is 12.7 Å². The minimum Gasteiger partial charge on any atom is -0.497 e. The van der Waals surface area contributed by atoms with E-state index in [0.29, 0.717) is 6.54 Å². The first-order valence-electron chi connectivity index (χ1n) is 10.2. The molecule has 0 aliphatic heterocycles. The number of rotatable bonds is 12. The largest absolute Gasteiger partial charge is 0.497 e. The number of hydrogen-bond acceptors (Lipinski definition) is 8. The SMILES string of the molecule is C=C(OC)/C(=C\c1c(C(=O)C(=O)Nc2nccs2)noc1C)C(=O)N(C)CCCCCC. The molecular formula is C22H28N4O5S. The predicted molar refractivity (Wildman–Crippen MR) is 122 cm³/mol. The molecule has 10 heteroatoms. The lowest BCUT2D eigenvalue weighted by atomic mass is 10.0. The third-order valence-corrected chi connectivity index (χ3v) is 5.43. The number of aryl methyl sites for hydroxylation is 1. The number of anilines is 1. The topological polar surface area (TPSA) is 115 Å². The van der Waals surface area contributed by atoms with Gasteiger partial charge in [0.1, 0.15) is 11.5 Å². The quantitative estimate of drug-likeness (QED) is 0.128. The monoisotopic (exact) mass is 460 g/mol. The molecule has 1 N–H and O–H groups in total. The van der Waals surface area contributed by atoms with E-state index in [1.54, 1.807) is 24.3 Å². The molecule has 0 saturated carbocycles. The van der Waals surface area contributed by atoms with E-state index < -0.39 is 11.7 Å². The number of aromatic nitrogens is 2. The molecule has 2 aromatic rings. The number of methoxy groups -OCH3 is 1. The number of nitrogens with one attached hydrogen (secondary N) is 1. The highest BCUT2D eigenvalue weighted by Gasteiger charge is 2.27. The zero-order valence-electron chi connectivity index (χ0n) is 18.8. The lowest BCUT2D eigenvalue weighted by Gasteiger charge is -2.19. The molecule has 0 fully saturated rings. The van der Waals surface area contributed by atoms with Crippen molar-refractivity contribution in [2.24, 2.45) is 0 Å². The van der Waals surface area contributed by atoms with Crippen molar-refractivity contribution in [2.75, 3.05) is 26.0 Å². The third kappa shape index (κ3) is 6.36. The molecule has 0 aliphatic carbocycles. The van der Waals surface area contributed by atoms with Gasteiger partial charge in [0.15, 0.2) is 10.8 Å². The van der Waals surface area contributed by atoms with Crippen LogP contribution in [0.25, 0.3) is 6.08 Å². The highest BCUT2D eigenvalue weighted by molar-refractivity contribution is 7.13. The van der Waals surface area contributed by atoms with Crippen molar-refractivity contribution in [3.05, 3.63) is 46.5 Å². The van der Waals surface area contributed by atoms with E-state index in [-0.39, 0.29) is 39.4 Å². The summed E-state index contributed by atoms with van der Waals surface area (Å²) in [5.41, 5.74) is 0.146. The van der Waals surface area contributed by atoms with Gasteiger partial charge in [-0.05, 0) is 19.4 Å². The second kappa shape index (κ2) is 11.9. The summed E-state index contributed by atoms with van der Waals surface area (Å²) in [6.45, 7) is 8.07. The number of hydrogen-bond donors (Lipinski definition) is 1. The van der Waals surface area contributed by atoms with Crippen LogP contribution in [-0.2, 0) is 14.3 Å². The molecular weight excluding hydrogens is 432 g/mol. The van der Waals surface area contributed by atoms with Crippen LogP contribution in [-0.4, -0.2) is 53.3 Å². The Balaban J connectivity index is 2.30. The van der Waals surface area contributed by atoms with Gasteiger partial charge in [-0.1, -0.05) is 37.9 Å². The number of Topliss-reactive ketones (excluding diaryl/α,β-unsaturated/α-hetero) is 1. The number of nitrogens with zero attached hydrogens (tertiary/aromatic N) is 3. The number of carbonyl (C=O) groups excluding carboxylic acids is 3. The van der Waals surface area contributed by atoms with E-state index in [1.807, 2.05) is 0 Å².